The summed E-state index contributed by atoms with van der Waals surface area (Å²) >= 11 is 1.18. The molecule has 1 atom stereocenters. The molecule has 0 aliphatic heterocycles. The highest BCUT2D eigenvalue weighted by atomic mass is 32.2. The molecule has 0 bridgehead atoms. The van der Waals surface area contributed by atoms with Crippen LogP contribution in [0.4, 0.5) is 0 Å². The van der Waals surface area contributed by atoms with Gasteiger partial charge in [-0.15, -0.1) is 0 Å². The number of hydrogen-bond acceptors (Lipinski definition) is 5. The van der Waals surface area contributed by atoms with E-state index in [1.165, 1.54) is 11.8 Å². The van der Waals surface area contributed by atoms with Gasteiger partial charge in [-0.3, -0.25) is 14.2 Å². The van der Waals surface area contributed by atoms with Crippen molar-refractivity contribution in [1.29, 1.82) is 5.26 Å². The smallest absolute Gasteiger partial charge is 0.266 e. The average molecular weight is 435 g/mol. The number of nitrogens with one attached hydrogen (secondary N) is 1. The second-order valence-electron chi connectivity index (χ2n) is 8.20. The number of aryl methyl sites for hydroxylation is 2. The van der Waals surface area contributed by atoms with Crippen LogP contribution in [0.2, 0.25) is 0 Å². The first kappa shape index (κ1) is 22.6. The van der Waals surface area contributed by atoms with Crippen molar-refractivity contribution < 1.29 is 4.79 Å². The third-order valence-corrected chi connectivity index (χ3v) is 6.27. The molecule has 3 aromatic rings. The number of benzene rings is 2. The second-order valence-corrected chi connectivity index (χ2v) is 9.15. The fourth-order valence-corrected chi connectivity index (χ4v) is 4.09. The minimum Gasteiger partial charge on any atom is -0.337 e. The second kappa shape index (κ2) is 8.94. The first-order chi connectivity index (χ1) is 14.6. The average Bonchev–Trinajstić information content (AvgIpc) is 2.71. The van der Waals surface area contributed by atoms with Crippen LogP contribution in [0.15, 0.2) is 52.4 Å². The van der Waals surface area contributed by atoms with Crippen LogP contribution in [0.25, 0.3) is 16.6 Å². The van der Waals surface area contributed by atoms with E-state index in [1.54, 1.807) is 23.6 Å². The number of nitriles is 1. The van der Waals surface area contributed by atoms with Gasteiger partial charge in [-0.1, -0.05) is 43.8 Å². The minimum atomic E-state index is -0.957. The fraction of sp³-hybridized carbons (Fsp3) is 0.333. The first-order valence-electron chi connectivity index (χ1n) is 10.1. The molecule has 1 N–H and O–H groups in total. The molecular weight excluding hydrogens is 408 g/mol. The van der Waals surface area contributed by atoms with E-state index in [1.807, 2.05) is 58.0 Å². The van der Waals surface area contributed by atoms with E-state index in [2.05, 4.69) is 16.4 Å². The van der Waals surface area contributed by atoms with Crippen LogP contribution in [0.5, 0.6) is 0 Å². The van der Waals surface area contributed by atoms with Gasteiger partial charge in [0, 0.05) is 0 Å². The summed E-state index contributed by atoms with van der Waals surface area (Å²) in [6.07, 6.45) is 0. The molecule has 0 fully saturated rings. The molecule has 31 heavy (non-hydrogen) atoms. The van der Waals surface area contributed by atoms with Gasteiger partial charge in [0.25, 0.3) is 5.56 Å². The van der Waals surface area contributed by atoms with Gasteiger partial charge in [0.05, 0.1) is 28.4 Å². The Labute approximate surface area is 186 Å². The molecular formula is C24H26N4O2S. The fourth-order valence-electron chi connectivity index (χ4n) is 3.27. The maximum absolute atomic E-state index is 13.3. The number of hydrogen-bond donors (Lipinski definition) is 1. The molecule has 7 heteroatoms. The molecule has 160 valence electrons. The number of aromatic nitrogens is 2. The predicted octanol–water partition coefficient (Wildman–Crippen LogP) is 4.15. The molecule has 0 aliphatic carbocycles. The van der Waals surface area contributed by atoms with Crippen LogP contribution < -0.4 is 10.9 Å². The molecule has 1 heterocycles. The molecule has 0 spiro atoms. The summed E-state index contributed by atoms with van der Waals surface area (Å²) in [5.41, 5.74) is 2.23. The van der Waals surface area contributed by atoms with E-state index in [0.717, 1.165) is 11.1 Å². The lowest BCUT2D eigenvalue weighted by atomic mass is 9.90. The van der Waals surface area contributed by atoms with E-state index in [9.17, 15) is 14.9 Å². The summed E-state index contributed by atoms with van der Waals surface area (Å²) in [4.78, 5) is 30.6. The predicted molar refractivity (Wildman–Crippen MR) is 125 cm³/mol. The van der Waals surface area contributed by atoms with Gasteiger partial charge < -0.3 is 5.32 Å². The third kappa shape index (κ3) is 4.80. The van der Waals surface area contributed by atoms with E-state index >= 15 is 0 Å². The minimum absolute atomic E-state index is 0.0412. The van der Waals surface area contributed by atoms with E-state index < -0.39 is 5.54 Å². The largest absolute Gasteiger partial charge is 0.337 e. The van der Waals surface area contributed by atoms with Gasteiger partial charge in [-0.2, -0.15) is 5.26 Å². The molecule has 2 aromatic carbocycles. The Morgan fingerprint density at radius 3 is 2.48 bits per heavy atom. The van der Waals surface area contributed by atoms with Gasteiger partial charge in [0.2, 0.25) is 5.91 Å². The topological polar surface area (TPSA) is 87.8 Å². The molecule has 0 aliphatic rings. The molecule has 0 saturated heterocycles. The molecule has 1 aromatic heterocycles. The zero-order valence-electron chi connectivity index (χ0n) is 18.4. The zero-order chi connectivity index (χ0) is 22.8. The normalized spacial score (nSPS) is 13.1. The summed E-state index contributed by atoms with van der Waals surface area (Å²) in [6.45, 7) is 9.44. The summed E-state index contributed by atoms with van der Waals surface area (Å²) < 4.78 is 1.56. The van der Waals surface area contributed by atoms with Crippen molar-refractivity contribution in [2.75, 3.05) is 5.75 Å². The Hall–Kier alpha value is -3.11. The van der Waals surface area contributed by atoms with E-state index in [4.69, 9.17) is 0 Å². The Morgan fingerprint density at radius 2 is 1.87 bits per heavy atom. The van der Waals surface area contributed by atoms with Crippen LogP contribution in [-0.2, 0) is 4.79 Å². The highest BCUT2D eigenvalue weighted by Gasteiger charge is 2.30. The number of carbonyl (C=O) groups is 1. The number of fused-ring (bicyclic) bond motifs is 1. The lowest BCUT2D eigenvalue weighted by molar-refractivity contribution is -0.120. The van der Waals surface area contributed by atoms with Gasteiger partial charge in [-0.25, -0.2) is 4.98 Å². The van der Waals surface area contributed by atoms with Crippen molar-refractivity contribution in [3.63, 3.8) is 0 Å². The first-order valence-corrected chi connectivity index (χ1v) is 11.1. The van der Waals surface area contributed by atoms with Gasteiger partial charge in [-0.05, 0) is 62.1 Å². The van der Waals surface area contributed by atoms with Gasteiger partial charge in [0.1, 0.15) is 5.54 Å². The molecule has 6 nitrogen and oxygen atoms in total. The number of thioether (sulfide) groups is 1. The molecule has 0 saturated carbocycles. The van der Waals surface area contributed by atoms with Crippen LogP contribution >= 0.6 is 11.8 Å². The maximum Gasteiger partial charge on any atom is 0.266 e. The van der Waals surface area contributed by atoms with Gasteiger partial charge >= 0.3 is 0 Å². The highest BCUT2D eigenvalue weighted by Crippen LogP contribution is 2.23. The Bertz CT molecular complexity index is 1220. The lowest BCUT2D eigenvalue weighted by Crippen LogP contribution is -2.49. The SMILES string of the molecule is Cc1cc(C)cc(-n2c(SCC(=O)NC(C)(C#N)C(C)C)nc3ccccc3c2=O)c1. The Kier molecular flexibility index (Phi) is 6.51. The lowest BCUT2D eigenvalue weighted by Gasteiger charge is -2.27. The molecule has 0 radical (unpaired) electrons. The number of amides is 1. The van der Waals surface area contributed by atoms with Crippen molar-refractivity contribution in [3.8, 4) is 11.8 Å². The van der Waals surface area contributed by atoms with Gasteiger partial charge in [0.15, 0.2) is 5.16 Å². The number of nitrogens with zero attached hydrogens (tertiary/aromatic N) is 3. The number of rotatable bonds is 6. The molecule has 1 unspecified atom stereocenters. The summed E-state index contributed by atoms with van der Waals surface area (Å²) in [6, 6.07) is 15.3. The van der Waals surface area contributed by atoms with Crippen LogP contribution in [0, 0.1) is 31.1 Å². The molecule has 3 rings (SSSR count). The Morgan fingerprint density at radius 1 is 1.23 bits per heavy atom. The van der Waals surface area contributed by atoms with Crippen LogP contribution in [0.3, 0.4) is 0 Å². The number of para-hydroxylation sites is 1. The summed E-state index contributed by atoms with van der Waals surface area (Å²) in [7, 11) is 0. The van der Waals surface area contributed by atoms with E-state index in [0.29, 0.717) is 21.7 Å². The zero-order valence-corrected chi connectivity index (χ0v) is 19.2. The van der Waals surface area contributed by atoms with Crippen LogP contribution in [-0.4, -0.2) is 26.8 Å². The van der Waals surface area contributed by atoms with Crippen molar-refractivity contribution >= 4 is 28.6 Å². The summed E-state index contributed by atoms with van der Waals surface area (Å²) in [5.74, 6) is -0.282. The van der Waals surface area contributed by atoms with Crippen molar-refractivity contribution in [2.24, 2.45) is 5.92 Å². The molecule has 1 amide bonds. The van der Waals surface area contributed by atoms with Crippen molar-refractivity contribution in [3.05, 3.63) is 63.9 Å². The quantitative estimate of drug-likeness (QED) is 0.465. The van der Waals surface area contributed by atoms with Crippen molar-refractivity contribution in [2.45, 2.75) is 45.3 Å². The van der Waals surface area contributed by atoms with Crippen molar-refractivity contribution in [1.82, 2.24) is 14.9 Å². The standard InChI is InChI=1S/C24H26N4O2S/c1-15(2)24(5,14-25)27-21(29)13-31-23-26-20-9-7-6-8-19(20)22(30)28(23)18-11-16(3)10-17(4)12-18/h6-12,15H,13H2,1-5H3,(H,27,29). The van der Waals surface area contributed by atoms with E-state index in [-0.39, 0.29) is 23.1 Å². The monoisotopic (exact) mass is 434 g/mol. The highest BCUT2D eigenvalue weighted by molar-refractivity contribution is 7.99. The third-order valence-electron chi connectivity index (χ3n) is 5.33. The summed E-state index contributed by atoms with van der Waals surface area (Å²) in [5, 5.41) is 13.2. The Balaban J connectivity index is 2.02. The number of carbonyl (C=O) groups excluding carboxylic acids is 1. The maximum atomic E-state index is 13.3. The van der Waals surface area contributed by atoms with Crippen LogP contribution in [0.1, 0.15) is 31.9 Å².